The van der Waals surface area contributed by atoms with Crippen LogP contribution in [0.2, 0.25) is 24.7 Å². The summed E-state index contributed by atoms with van der Waals surface area (Å²) in [6.07, 6.45) is 2.16. The number of hydrogen-bond donors (Lipinski definition) is 0. The molecule has 0 aliphatic heterocycles. The summed E-state index contributed by atoms with van der Waals surface area (Å²) in [4.78, 5) is 4.47. The Hall–Kier alpha value is -0.113. The molecule has 0 aromatic rings. The molecule has 0 saturated carbocycles. The highest BCUT2D eigenvalue weighted by atomic mass is 28.3. The third-order valence-electron chi connectivity index (χ3n) is 2.63. The molecular weight excluding hydrogens is 162 g/mol. The minimum absolute atomic E-state index is 0.317. The molecule has 0 rings (SSSR count). The summed E-state index contributed by atoms with van der Waals surface area (Å²) in [5, 5.41) is 0.317. The number of hydrogen-bond acceptors (Lipinski definition) is 1. The van der Waals surface area contributed by atoms with Gasteiger partial charge in [-0.05, 0) is 18.9 Å². The van der Waals surface area contributed by atoms with E-state index in [9.17, 15) is 0 Å². The highest BCUT2D eigenvalue weighted by Crippen LogP contribution is 2.34. The van der Waals surface area contributed by atoms with Crippen LogP contribution in [0.4, 0.5) is 0 Å². The van der Waals surface area contributed by atoms with Crippen LogP contribution in [-0.4, -0.2) is 20.3 Å². The first-order valence-corrected chi connectivity index (χ1v) is 8.21. The van der Waals surface area contributed by atoms with Crippen molar-refractivity contribution in [3.8, 4) is 0 Å². The largest absolute Gasteiger partial charge is 0.295 e. The van der Waals surface area contributed by atoms with Crippen molar-refractivity contribution in [1.29, 1.82) is 0 Å². The van der Waals surface area contributed by atoms with Crippen LogP contribution in [0, 0.1) is 0 Å². The molecule has 0 saturated heterocycles. The highest BCUT2D eigenvalue weighted by Gasteiger charge is 2.32. The Morgan fingerprint density at radius 2 is 1.58 bits per heavy atom. The third kappa shape index (κ3) is 3.52. The topological polar surface area (TPSA) is 12.4 Å². The molecule has 12 heavy (non-hydrogen) atoms. The minimum atomic E-state index is -1.10. The van der Waals surface area contributed by atoms with E-state index in [1.54, 1.807) is 0 Å². The lowest BCUT2D eigenvalue weighted by Crippen LogP contribution is -2.36. The van der Waals surface area contributed by atoms with Gasteiger partial charge >= 0.3 is 0 Å². The van der Waals surface area contributed by atoms with Gasteiger partial charge in [0, 0.05) is 12.3 Å². The van der Waals surface area contributed by atoms with E-state index in [4.69, 9.17) is 0 Å². The molecule has 0 aliphatic carbocycles. The fourth-order valence-corrected chi connectivity index (χ4v) is 0.991. The molecule has 0 unspecified atom stereocenters. The van der Waals surface area contributed by atoms with E-state index < -0.39 is 8.07 Å². The van der Waals surface area contributed by atoms with Crippen LogP contribution in [0.3, 0.4) is 0 Å². The van der Waals surface area contributed by atoms with Crippen LogP contribution in [-0.2, 0) is 0 Å². The molecule has 0 N–H and O–H groups in total. The lowest BCUT2D eigenvalue weighted by Gasteiger charge is -2.33. The Labute approximate surface area is 78.3 Å². The molecule has 0 atom stereocenters. The molecule has 0 aromatic heterocycles. The van der Waals surface area contributed by atoms with Gasteiger partial charge in [0.2, 0.25) is 0 Å². The van der Waals surface area contributed by atoms with Gasteiger partial charge in [0.05, 0.1) is 8.07 Å². The van der Waals surface area contributed by atoms with E-state index in [2.05, 4.69) is 58.5 Å². The number of aliphatic imine (C=N–C) groups is 1. The predicted octanol–water partition coefficient (Wildman–Crippen LogP) is 3.58. The second kappa shape index (κ2) is 3.73. The Kier molecular flexibility index (Phi) is 3.70. The smallest absolute Gasteiger partial charge is 0.0561 e. The average Bonchev–Trinajstić information content (AvgIpc) is 1.81. The van der Waals surface area contributed by atoms with Gasteiger partial charge in [-0.3, -0.25) is 4.99 Å². The SMILES string of the molecule is CC(C)N=CC(C)(C)[Si](C)(C)C. The molecular formula is C10H23NSi. The van der Waals surface area contributed by atoms with Gasteiger partial charge in [-0.25, -0.2) is 0 Å². The van der Waals surface area contributed by atoms with Crippen LogP contribution < -0.4 is 0 Å². The van der Waals surface area contributed by atoms with Crippen LogP contribution in [0.5, 0.6) is 0 Å². The summed E-state index contributed by atoms with van der Waals surface area (Å²) in [7, 11) is -1.10. The number of rotatable bonds is 3. The van der Waals surface area contributed by atoms with Crippen molar-refractivity contribution in [3.63, 3.8) is 0 Å². The predicted molar refractivity (Wildman–Crippen MR) is 61.0 cm³/mol. The van der Waals surface area contributed by atoms with Crippen molar-refractivity contribution in [2.75, 3.05) is 0 Å². The van der Waals surface area contributed by atoms with E-state index >= 15 is 0 Å². The first-order chi connectivity index (χ1) is 5.17. The monoisotopic (exact) mass is 185 g/mol. The maximum absolute atomic E-state index is 4.47. The minimum Gasteiger partial charge on any atom is -0.295 e. The second-order valence-corrected chi connectivity index (χ2v) is 11.1. The van der Waals surface area contributed by atoms with Crippen LogP contribution in [0.15, 0.2) is 4.99 Å². The van der Waals surface area contributed by atoms with E-state index in [0.29, 0.717) is 11.1 Å². The van der Waals surface area contributed by atoms with Gasteiger partial charge in [0.15, 0.2) is 0 Å². The maximum atomic E-state index is 4.47. The Morgan fingerprint density at radius 3 is 1.83 bits per heavy atom. The zero-order valence-corrected chi connectivity index (χ0v) is 10.6. The lowest BCUT2D eigenvalue weighted by molar-refractivity contribution is 0.807. The Bertz CT molecular complexity index is 163. The third-order valence-corrected chi connectivity index (χ3v) is 6.62. The highest BCUT2D eigenvalue weighted by molar-refractivity contribution is 6.81. The molecule has 0 aliphatic rings. The van der Waals surface area contributed by atoms with Gasteiger partial charge < -0.3 is 0 Å². The van der Waals surface area contributed by atoms with Crippen molar-refractivity contribution < 1.29 is 0 Å². The normalized spacial score (nSPS) is 14.7. The quantitative estimate of drug-likeness (QED) is 0.471. The standard InChI is InChI=1S/C10H23NSi/c1-9(2)11-8-10(3,4)12(5,6)7/h8-9H,1-7H3. The van der Waals surface area contributed by atoms with E-state index in [1.807, 2.05) is 0 Å². The van der Waals surface area contributed by atoms with Crippen molar-refractivity contribution in [2.24, 2.45) is 4.99 Å². The van der Waals surface area contributed by atoms with E-state index in [0.717, 1.165) is 0 Å². The molecule has 1 nitrogen and oxygen atoms in total. The Balaban J connectivity index is 4.43. The molecule has 0 amide bonds. The second-order valence-electron chi connectivity index (χ2n) is 5.34. The van der Waals surface area contributed by atoms with Crippen molar-refractivity contribution in [2.45, 2.75) is 58.4 Å². The summed E-state index contributed by atoms with van der Waals surface area (Å²) in [6, 6.07) is 0.431. The van der Waals surface area contributed by atoms with Crippen molar-refractivity contribution >= 4 is 14.3 Å². The molecule has 0 heterocycles. The molecule has 0 radical (unpaired) electrons. The fourth-order valence-electron chi connectivity index (χ4n) is 0.529. The summed E-state index contributed by atoms with van der Waals surface area (Å²) in [5.74, 6) is 0. The summed E-state index contributed by atoms with van der Waals surface area (Å²) < 4.78 is 0. The molecule has 0 aromatic carbocycles. The zero-order valence-electron chi connectivity index (χ0n) is 9.60. The summed E-state index contributed by atoms with van der Waals surface area (Å²) in [5.41, 5.74) is 0. The van der Waals surface area contributed by atoms with Crippen molar-refractivity contribution in [3.05, 3.63) is 0 Å². The van der Waals surface area contributed by atoms with Gasteiger partial charge in [-0.15, -0.1) is 0 Å². The van der Waals surface area contributed by atoms with Crippen LogP contribution in [0.1, 0.15) is 27.7 Å². The van der Waals surface area contributed by atoms with Crippen molar-refractivity contribution in [1.82, 2.24) is 0 Å². The molecule has 72 valence electrons. The first-order valence-electron chi connectivity index (χ1n) is 4.71. The van der Waals surface area contributed by atoms with E-state index in [1.165, 1.54) is 0 Å². The molecule has 2 heteroatoms. The fraction of sp³-hybridized carbons (Fsp3) is 0.900. The lowest BCUT2D eigenvalue weighted by atomic mass is 10.2. The van der Waals surface area contributed by atoms with Crippen LogP contribution >= 0.6 is 0 Å². The van der Waals surface area contributed by atoms with E-state index in [-0.39, 0.29) is 0 Å². The average molecular weight is 185 g/mol. The molecule has 0 spiro atoms. The van der Waals surface area contributed by atoms with Crippen LogP contribution in [0.25, 0.3) is 0 Å². The van der Waals surface area contributed by atoms with Gasteiger partial charge in [-0.1, -0.05) is 33.5 Å². The molecule has 0 bridgehead atoms. The summed E-state index contributed by atoms with van der Waals surface area (Å²) in [6.45, 7) is 16.0. The van der Waals surface area contributed by atoms with Gasteiger partial charge in [-0.2, -0.15) is 0 Å². The van der Waals surface area contributed by atoms with Gasteiger partial charge in [0.25, 0.3) is 0 Å². The Morgan fingerprint density at radius 1 is 1.17 bits per heavy atom. The first kappa shape index (κ1) is 11.9. The molecule has 0 fully saturated rings. The zero-order chi connectivity index (χ0) is 9.99. The maximum Gasteiger partial charge on any atom is 0.0561 e. The summed E-state index contributed by atoms with van der Waals surface area (Å²) >= 11 is 0. The number of nitrogens with zero attached hydrogens (tertiary/aromatic N) is 1. The van der Waals surface area contributed by atoms with Gasteiger partial charge in [0.1, 0.15) is 0 Å².